The molecule has 0 aliphatic carbocycles. The summed E-state index contributed by atoms with van der Waals surface area (Å²) in [6.45, 7) is 21.7. The van der Waals surface area contributed by atoms with Crippen molar-refractivity contribution in [3.05, 3.63) is 88.7 Å². The van der Waals surface area contributed by atoms with Gasteiger partial charge in [0.15, 0.2) is 0 Å². The minimum Gasteiger partial charge on any atom is -1.00 e. The third kappa shape index (κ3) is 10.8. The van der Waals surface area contributed by atoms with Crippen LogP contribution in [0.15, 0.2) is 70.9 Å². The molecule has 214 valence electrons. The molecule has 1 aromatic heterocycles. The number of rotatable bonds is 7. The van der Waals surface area contributed by atoms with Crippen molar-refractivity contribution >= 4 is 21.7 Å². The second kappa shape index (κ2) is 17.7. The van der Waals surface area contributed by atoms with Crippen LogP contribution in [0, 0.1) is 0 Å². The molecule has 0 atom stereocenters. The maximum absolute atomic E-state index is 4.95. The van der Waals surface area contributed by atoms with Gasteiger partial charge in [-0.25, -0.2) is 0 Å². The van der Waals surface area contributed by atoms with E-state index < -0.39 is 0 Å². The van der Waals surface area contributed by atoms with Crippen LogP contribution < -0.4 is 24.8 Å². The van der Waals surface area contributed by atoms with Crippen molar-refractivity contribution in [2.45, 2.75) is 92.9 Å². The summed E-state index contributed by atoms with van der Waals surface area (Å²) >= 11 is 4.34. The smallest absolute Gasteiger partial charge is 1.00 e. The van der Waals surface area contributed by atoms with Gasteiger partial charge in [-0.2, -0.15) is 0 Å². The van der Waals surface area contributed by atoms with E-state index in [0.29, 0.717) is 23.7 Å². The molecule has 3 rings (SSSR count). The van der Waals surface area contributed by atoms with E-state index >= 15 is 0 Å². The van der Waals surface area contributed by atoms with Crippen molar-refractivity contribution in [2.24, 2.45) is 9.98 Å². The van der Waals surface area contributed by atoms with Gasteiger partial charge in [-0.15, -0.1) is 0 Å². The molecule has 6 heteroatoms. The third-order valence-corrected chi connectivity index (χ3v) is 6.42. The number of benzene rings is 2. The van der Waals surface area contributed by atoms with Gasteiger partial charge in [0.2, 0.25) is 0 Å². The molecule has 0 amide bonds. The van der Waals surface area contributed by atoms with Crippen LogP contribution in [0.3, 0.4) is 0 Å². The van der Waals surface area contributed by atoms with E-state index in [1.54, 1.807) is 6.20 Å². The summed E-state index contributed by atoms with van der Waals surface area (Å²) < 4.78 is 0.808. The summed E-state index contributed by atoms with van der Waals surface area (Å²) in [5.74, 6) is 1.90. The van der Waals surface area contributed by atoms with Crippen LogP contribution in [-0.2, 0) is 15.7 Å². The average Bonchev–Trinajstić information content (AvgIpc) is 2.84. The van der Waals surface area contributed by atoms with E-state index in [9.17, 15) is 0 Å². The molecule has 0 fully saturated rings. The van der Waals surface area contributed by atoms with Crippen molar-refractivity contribution in [2.75, 3.05) is 0 Å². The van der Waals surface area contributed by atoms with Gasteiger partial charge in [0.25, 0.3) is 0 Å². The minimum absolute atomic E-state index is 0. The Labute approximate surface area is 257 Å². The number of aromatic nitrogens is 1. The Hall–Kier alpha value is -1.98. The van der Waals surface area contributed by atoms with Gasteiger partial charge in [0.05, 0.1) is 5.69 Å². The zero-order chi connectivity index (χ0) is 27.7. The number of para-hydroxylation sites is 2. The monoisotopic (exact) mass is 611 g/mol. The van der Waals surface area contributed by atoms with Crippen molar-refractivity contribution in [1.29, 1.82) is 0 Å². The number of nitrogens with zero attached hydrogens (tertiary/aromatic N) is 3. The predicted molar refractivity (Wildman–Crippen MR) is 158 cm³/mol. The molecule has 0 unspecified atom stereocenters. The summed E-state index contributed by atoms with van der Waals surface area (Å²) in [6.07, 6.45) is 3.66. The first kappa shape index (κ1) is 37.0. The molecule has 0 saturated heterocycles. The van der Waals surface area contributed by atoms with Gasteiger partial charge in [0.1, 0.15) is 0 Å². The van der Waals surface area contributed by atoms with Crippen molar-refractivity contribution in [3.63, 3.8) is 0 Å². The Kier molecular flexibility index (Phi) is 16.8. The number of aliphatic imine (C=N–C) groups is 2. The summed E-state index contributed by atoms with van der Waals surface area (Å²) in [6, 6.07) is 17.0. The quantitative estimate of drug-likeness (QED) is 0.372. The second-order valence-electron chi connectivity index (χ2n) is 10.7. The third-order valence-electron chi connectivity index (χ3n) is 6.30. The topological polar surface area (TPSA) is 37.6 Å². The van der Waals surface area contributed by atoms with E-state index in [2.05, 4.69) is 130 Å². The molecule has 3 nitrogen and oxygen atoms in total. The summed E-state index contributed by atoms with van der Waals surface area (Å²) in [4.78, 5) is 13.7. The summed E-state index contributed by atoms with van der Waals surface area (Å²) in [5, 5.41) is 0. The molecule has 2 aromatic carbocycles. The zero-order valence-electron chi connectivity index (χ0n) is 25.0. The molecule has 0 radical (unpaired) electrons. The molecule has 1 heterocycles. The first-order chi connectivity index (χ1) is 17.4. The van der Waals surface area contributed by atoms with Crippen LogP contribution in [0.25, 0.3) is 0 Å². The Morgan fingerprint density at radius 3 is 1.31 bits per heavy atom. The Bertz CT molecular complexity index is 1160. The van der Waals surface area contributed by atoms with E-state index in [4.69, 9.17) is 4.99 Å². The molecule has 0 bridgehead atoms. The summed E-state index contributed by atoms with van der Waals surface area (Å²) in [5.41, 5.74) is 9.55. The number of hydrogen-bond donors (Lipinski definition) is 0. The average molecular weight is 613 g/mol. The van der Waals surface area contributed by atoms with Crippen LogP contribution in [0.4, 0.5) is 11.4 Å². The maximum Gasteiger partial charge on any atom is -1.00 e. The Morgan fingerprint density at radius 1 is 0.615 bits per heavy atom. The van der Waals surface area contributed by atoms with Crippen molar-refractivity contribution < 1.29 is 40.6 Å². The number of hydrogen-bond acceptors (Lipinski definition) is 3. The fourth-order valence-electron chi connectivity index (χ4n) is 4.24. The molecular formula is C33H44Cl2CoN3. The molecule has 3 aromatic rings. The SMILES string of the molecule is CC(=Nc1c(C(C)C)cccc1C(C)C)c1cccnc1.C[C]([Co+2])=Nc1c(C(C)C)cccc1C(C)C.[Cl-].[Cl-]. The molecule has 0 N–H and O–H groups in total. The van der Waals surface area contributed by atoms with Crippen molar-refractivity contribution in [1.82, 2.24) is 4.98 Å². The van der Waals surface area contributed by atoms with Gasteiger partial charge in [-0.1, -0.05) is 52.0 Å². The summed E-state index contributed by atoms with van der Waals surface area (Å²) in [7, 11) is 0. The van der Waals surface area contributed by atoms with Crippen LogP contribution in [0.5, 0.6) is 0 Å². The van der Waals surface area contributed by atoms with Gasteiger partial charge in [-0.3, -0.25) is 9.98 Å². The van der Waals surface area contributed by atoms with Gasteiger partial charge < -0.3 is 24.8 Å². The van der Waals surface area contributed by atoms with Crippen LogP contribution in [-0.4, -0.2) is 15.3 Å². The largest absolute Gasteiger partial charge is 1.00 e. The van der Waals surface area contributed by atoms with E-state index in [1.807, 2.05) is 19.2 Å². The van der Waals surface area contributed by atoms with E-state index in [-0.39, 0.29) is 24.8 Å². The maximum atomic E-state index is 4.95. The van der Waals surface area contributed by atoms with Crippen LogP contribution in [0.1, 0.15) is 121 Å². The minimum atomic E-state index is 0. The molecule has 0 saturated carbocycles. The molecular weight excluding hydrogens is 568 g/mol. The number of pyridine rings is 1. The van der Waals surface area contributed by atoms with Gasteiger partial charge in [-0.05, 0) is 36.0 Å². The van der Waals surface area contributed by atoms with E-state index in [1.165, 1.54) is 22.3 Å². The van der Waals surface area contributed by atoms with Crippen molar-refractivity contribution in [3.8, 4) is 0 Å². The first-order valence-corrected chi connectivity index (χ1v) is 13.9. The number of halogens is 2. The Morgan fingerprint density at radius 2 is 1.00 bits per heavy atom. The molecule has 39 heavy (non-hydrogen) atoms. The molecule has 0 aliphatic rings. The van der Waals surface area contributed by atoms with Crippen LogP contribution in [0.2, 0.25) is 0 Å². The van der Waals surface area contributed by atoms with Gasteiger partial charge in [0, 0.05) is 23.7 Å². The van der Waals surface area contributed by atoms with Crippen LogP contribution >= 0.6 is 0 Å². The molecule has 0 spiro atoms. The zero-order valence-corrected chi connectivity index (χ0v) is 27.6. The standard InChI is InChI=1S/C19H24N2.C14H20N.2ClH.Co/c1-13(2)17-9-6-10-18(14(3)4)19(17)21-15(5)16-8-7-11-20-12-16;1-6-15-14-12(10(2)3)8-7-9-13(14)11(4)5;;;/h6-14H,1-5H3;7-11H,1-5H3;2*1H;/q;;;;+2/p-2. The fourth-order valence-corrected chi connectivity index (χ4v) is 4.36. The second-order valence-corrected chi connectivity index (χ2v) is 11.5. The fraction of sp³-hybridized carbons (Fsp3) is 0.424. The van der Waals surface area contributed by atoms with E-state index in [0.717, 1.165) is 27.3 Å². The van der Waals surface area contributed by atoms with Gasteiger partial charge >= 0.3 is 107 Å². The predicted octanol–water partition coefficient (Wildman–Crippen LogP) is 4.01. The molecule has 0 aliphatic heterocycles. The first-order valence-electron chi connectivity index (χ1n) is 13.3. The normalized spacial score (nSPS) is 11.8. The Balaban J connectivity index is 0.000000729.